The van der Waals surface area contributed by atoms with Gasteiger partial charge in [0.15, 0.2) is 5.82 Å². The van der Waals surface area contributed by atoms with E-state index in [4.69, 9.17) is 4.52 Å². The van der Waals surface area contributed by atoms with E-state index in [0.29, 0.717) is 18.9 Å². The molecule has 110 valence electrons. The highest BCUT2D eigenvalue weighted by atomic mass is 32.2. The van der Waals surface area contributed by atoms with E-state index in [1.165, 1.54) is 0 Å². The van der Waals surface area contributed by atoms with Gasteiger partial charge in [0.1, 0.15) is 0 Å². The van der Waals surface area contributed by atoms with E-state index in [-0.39, 0.29) is 18.0 Å². The number of carbonyl (C=O) groups is 1. The maximum absolute atomic E-state index is 11.7. The highest BCUT2D eigenvalue weighted by molar-refractivity contribution is 7.99. The van der Waals surface area contributed by atoms with Gasteiger partial charge in [-0.25, -0.2) is 0 Å². The van der Waals surface area contributed by atoms with Crippen molar-refractivity contribution >= 4 is 17.7 Å². The van der Waals surface area contributed by atoms with Crippen LogP contribution >= 0.6 is 11.8 Å². The van der Waals surface area contributed by atoms with Crippen molar-refractivity contribution in [3.05, 3.63) is 11.7 Å². The van der Waals surface area contributed by atoms with Gasteiger partial charge in [-0.1, -0.05) is 5.16 Å². The fourth-order valence-corrected chi connectivity index (χ4v) is 3.64. The molecule has 0 radical (unpaired) electrons. The lowest BCUT2D eigenvalue weighted by Gasteiger charge is -2.29. The Morgan fingerprint density at radius 1 is 1.50 bits per heavy atom. The summed E-state index contributed by atoms with van der Waals surface area (Å²) in [4.78, 5) is 18.4. The van der Waals surface area contributed by atoms with Crippen LogP contribution in [-0.2, 0) is 11.2 Å². The normalized spacial score (nSPS) is 28.4. The third-order valence-corrected chi connectivity index (χ3v) is 4.71. The Morgan fingerprint density at radius 2 is 2.40 bits per heavy atom. The van der Waals surface area contributed by atoms with Crippen LogP contribution < -0.4 is 10.6 Å². The first-order valence-corrected chi connectivity index (χ1v) is 8.01. The number of nitrogens with one attached hydrogen (secondary N) is 2. The van der Waals surface area contributed by atoms with Crippen LogP contribution in [0.25, 0.3) is 0 Å². The van der Waals surface area contributed by atoms with Crippen LogP contribution in [0, 0.1) is 0 Å². The third kappa shape index (κ3) is 2.97. The van der Waals surface area contributed by atoms with Crippen LogP contribution in [0.4, 0.5) is 0 Å². The van der Waals surface area contributed by atoms with Gasteiger partial charge in [-0.2, -0.15) is 16.7 Å². The molecule has 8 heteroatoms. The highest BCUT2D eigenvalue weighted by Crippen LogP contribution is 2.26. The second-order valence-corrected chi connectivity index (χ2v) is 6.27. The quantitative estimate of drug-likeness (QED) is 0.772. The first kappa shape index (κ1) is 13.8. The first-order chi connectivity index (χ1) is 9.74. The molecule has 0 spiro atoms. The monoisotopic (exact) mass is 297 g/mol. The summed E-state index contributed by atoms with van der Waals surface area (Å²) in [6.07, 6.45) is 0.447. The molecule has 3 rings (SSSR count). The molecule has 2 saturated heterocycles. The minimum atomic E-state index is -0.268. The van der Waals surface area contributed by atoms with Gasteiger partial charge >= 0.3 is 0 Å². The molecule has 2 aliphatic heterocycles. The molecule has 0 aromatic carbocycles. The Labute approximate surface area is 121 Å². The molecule has 1 aromatic rings. The van der Waals surface area contributed by atoms with Crippen LogP contribution in [0.2, 0.25) is 0 Å². The number of rotatable bonds is 3. The topological polar surface area (TPSA) is 83.3 Å². The molecule has 1 amide bonds. The van der Waals surface area contributed by atoms with Crippen molar-refractivity contribution < 1.29 is 9.32 Å². The summed E-state index contributed by atoms with van der Waals surface area (Å²) in [5, 5.41) is 10.1. The van der Waals surface area contributed by atoms with Crippen molar-refractivity contribution in [1.29, 1.82) is 0 Å². The molecule has 7 nitrogen and oxygen atoms in total. The van der Waals surface area contributed by atoms with Crippen molar-refractivity contribution in [3.63, 3.8) is 0 Å². The maximum atomic E-state index is 11.7. The number of amides is 1. The van der Waals surface area contributed by atoms with Crippen LogP contribution in [0.3, 0.4) is 0 Å². The van der Waals surface area contributed by atoms with E-state index in [2.05, 4.69) is 32.7 Å². The van der Waals surface area contributed by atoms with Crippen molar-refractivity contribution in [2.75, 3.05) is 38.2 Å². The molecule has 2 N–H and O–H groups in total. The van der Waals surface area contributed by atoms with Gasteiger partial charge in [-0.3, -0.25) is 9.69 Å². The van der Waals surface area contributed by atoms with Gasteiger partial charge in [0.2, 0.25) is 11.8 Å². The van der Waals surface area contributed by atoms with E-state index in [9.17, 15) is 4.79 Å². The van der Waals surface area contributed by atoms with Crippen LogP contribution in [0.15, 0.2) is 4.52 Å². The zero-order valence-corrected chi connectivity index (χ0v) is 12.3. The molecule has 2 fully saturated rings. The molecule has 0 bridgehead atoms. The Bertz CT molecular complexity index is 480. The number of hydrogen-bond donors (Lipinski definition) is 2. The second-order valence-electron chi connectivity index (χ2n) is 5.12. The Hall–Kier alpha value is -1.12. The molecule has 3 heterocycles. The summed E-state index contributed by atoms with van der Waals surface area (Å²) in [5.74, 6) is 3.38. The molecule has 0 saturated carbocycles. The van der Waals surface area contributed by atoms with Gasteiger partial charge in [0.05, 0.1) is 18.5 Å². The summed E-state index contributed by atoms with van der Waals surface area (Å²) in [6.45, 7) is 2.49. The Balaban J connectivity index is 1.65. The fourth-order valence-electron chi connectivity index (χ4n) is 2.43. The van der Waals surface area contributed by atoms with Gasteiger partial charge in [0, 0.05) is 31.1 Å². The fraction of sp³-hybridized carbons (Fsp3) is 0.750. The third-order valence-electron chi connectivity index (χ3n) is 3.69. The van der Waals surface area contributed by atoms with Crippen molar-refractivity contribution in [2.45, 2.75) is 18.5 Å². The average molecular weight is 297 g/mol. The number of hydrogen-bond acceptors (Lipinski definition) is 7. The molecule has 20 heavy (non-hydrogen) atoms. The van der Waals surface area contributed by atoms with Crippen LogP contribution in [0.1, 0.15) is 17.8 Å². The zero-order chi connectivity index (χ0) is 13.9. The summed E-state index contributed by atoms with van der Waals surface area (Å²) >= 11 is 1.91. The average Bonchev–Trinajstić information content (AvgIpc) is 2.90. The molecule has 2 aliphatic rings. The molecule has 0 aliphatic carbocycles. The van der Waals surface area contributed by atoms with E-state index >= 15 is 0 Å². The minimum absolute atomic E-state index is 0.00124. The van der Waals surface area contributed by atoms with Gasteiger partial charge in [-0.05, 0) is 7.05 Å². The second kappa shape index (κ2) is 6.11. The zero-order valence-electron chi connectivity index (χ0n) is 11.5. The standard InChI is InChI=1S/C12H19N5O2S/c1-17-4-5-20-7-9(17)11-15-10(19-16-11)6-8-12(18)14-3-2-13-8/h8-9,13H,2-7H2,1H3,(H,14,18). The van der Waals surface area contributed by atoms with Gasteiger partial charge < -0.3 is 15.2 Å². The van der Waals surface area contributed by atoms with Crippen LogP contribution in [0.5, 0.6) is 0 Å². The smallest absolute Gasteiger partial charge is 0.237 e. The molecular weight excluding hydrogens is 278 g/mol. The van der Waals surface area contributed by atoms with E-state index in [0.717, 1.165) is 30.4 Å². The molecule has 1 aromatic heterocycles. The Kier molecular flexibility index (Phi) is 4.23. The van der Waals surface area contributed by atoms with Crippen molar-refractivity contribution in [1.82, 2.24) is 25.7 Å². The lowest BCUT2D eigenvalue weighted by atomic mass is 10.1. The van der Waals surface area contributed by atoms with E-state index in [1.807, 2.05) is 11.8 Å². The van der Waals surface area contributed by atoms with Crippen molar-refractivity contribution in [3.8, 4) is 0 Å². The summed E-state index contributed by atoms with van der Waals surface area (Å²) in [6, 6.07) is -0.0603. The maximum Gasteiger partial charge on any atom is 0.237 e. The lowest BCUT2D eigenvalue weighted by molar-refractivity contribution is -0.124. The largest absolute Gasteiger partial charge is 0.353 e. The molecule has 2 atom stereocenters. The van der Waals surface area contributed by atoms with Gasteiger partial charge in [-0.15, -0.1) is 0 Å². The Morgan fingerprint density at radius 3 is 3.20 bits per heavy atom. The predicted octanol–water partition coefficient (Wildman–Crippen LogP) is -0.580. The van der Waals surface area contributed by atoms with Crippen molar-refractivity contribution in [2.24, 2.45) is 0 Å². The van der Waals surface area contributed by atoms with Crippen LogP contribution in [-0.4, -0.2) is 65.2 Å². The summed E-state index contributed by atoms with van der Waals surface area (Å²) in [5.41, 5.74) is 0. The van der Waals surface area contributed by atoms with Gasteiger partial charge in [0.25, 0.3) is 0 Å². The van der Waals surface area contributed by atoms with E-state index < -0.39 is 0 Å². The predicted molar refractivity (Wildman–Crippen MR) is 75.5 cm³/mol. The molecular formula is C12H19N5O2S. The summed E-state index contributed by atoms with van der Waals surface area (Å²) in [7, 11) is 2.08. The lowest BCUT2D eigenvalue weighted by Crippen LogP contribution is -2.53. The summed E-state index contributed by atoms with van der Waals surface area (Å²) < 4.78 is 5.30. The van der Waals surface area contributed by atoms with E-state index in [1.54, 1.807) is 0 Å². The number of aromatic nitrogens is 2. The number of piperazine rings is 1. The molecule has 2 unspecified atom stereocenters. The number of carbonyl (C=O) groups excluding carboxylic acids is 1. The number of nitrogens with zero attached hydrogens (tertiary/aromatic N) is 3. The number of thioether (sulfide) groups is 1. The highest BCUT2D eigenvalue weighted by Gasteiger charge is 2.28. The SMILES string of the molecule is CN1CCSCC1c1noc(CC2NCCNC2=O)n1. The minimum Gasteiger partial charge on any atom is -0.353 e. The first-order valence-electron chi connectivity index (χ1n) is 6.85.